The van der Waals surface area contributed by atoms with Crippen molar-refractivity contribution in [3.05, 3.63) is 77.5 Å². The van der Waals surface area contributed by atoms with Crippen LogP contribution in [0.4, 0.5) is 5.69 Å². The Morgan fingerprint density at radius 3 is 2.53 bits per heavy atom. The fourth-order valence-corrected chi connectivity index (χ4v) is 3.12. The number of rotatable bonds is 11. The minimum atomic E-state index is -1.10. The molecule has 3 rings (SSSR count). The van der Waals surface area contributed by atoms with Crippen molar-refractivity contribution in [2.24, 2.45) is 0 Å². The van der Waals surface area contributed by atoms with Crippen molar-refractivity contribution in [2.75, 3.05) is 18.5 Å². The lowest BCUT2D eigenvalue weighted by molar-refractivity contribution is -0.115. The fourth-order valence-electron chi connectivity index (χ4n) is 3.12. The highest BCUT2D eigenvalue weighted by atomic mass is 16.5. The first-order chi connectivity index (χ1) is 16.3. The van der Waals surface area contributed by atoms with Crippen LogP contribution in [0.5, 0.6) is 17.4 Å². The van der Waals surface area contributed by atoms with E-state index in [1.807, 2.05) is 39.0 Å². The molecule has 8 nitrogen and oxygen atoms in total. The van der Waals surface area contributed by atoms with E-state index in [4.69, 9.17) is 14.2 Å². The maximum Gasteiger partial charge on any atom is 0.337 e. The molecule has 1 amide bonds. The van der Waals surface area contributed by atoms with E-state index in [-0.39, 0.29) is 29.7 Å². The molecule has 0 fully saturated rings. The summed E-state index contributed by atoms with van der Waals surface area (Å²) in [4.78, 5) is 27.9. The van der Waals surface area contributed by atoms with E-state index in [0.29, 0.717) is 30.4 Å². The van der Waals surface area contributed by atoms with Crippen molar-refractivity contribution in [3.63, 3.8) is 0 Å². The Morgan fingerprint density at radius 2 is 1.85 bits per heavy atom. The Labute approximate surface area is 198 Å². The second-order valence-electron chi connectivity index (χ2n) is 7.88. The van der Waals surface area contributed by atoms with Gasteiger partial charge in [0.1, 0.15) is 18.1 Å². The van der Waals surface area contributed by atoms with Crippen LogP contribution in [0.3, 0.4) is 0 Å². The van der Waals surface area contributed by atoms with Gasteiger partial charge in [0.15, 0.2) is 0 Å². The van der Waals surface area contributed by atoms with Crippen molar-refractivity contribution >= 4 is 17.6 Å². The molecule has 2 aromatic carbocycles. The van der Waals surface area contributed by atoms with Crippen LogP contribution >= 0.6 is 0 Å². The fraction of sp³-hybridized carbons (Fsp3) is 0.269. The van der Waals surface area contributed by atoms with Gasteiger partial charge in [-0.3, -0.25) is 4.79 Å². The minimum Gasteiger partial charge on any atom is -0.491 e. The molecule has 0 radical (unpaired) electrons. The van der Waals surface area contributed by atoms with Gasteiger partial charge < -0.3 is 24.6 Å². The number of carbonyl (C=O) groups excluding carboxylic acids is 1. The first kappa shape index (κ1) is 24.7. The lowest BCUT2D eigenvalue weighted by Crippen LogP contribution is -2.16. The zero-order valence-electron chi connectivity index (χ0n) is 19.4. The molecule has 0 saturated carbocycles. The standard InChI is InChI=1S/C26H28N2O6/c1-17(2)32-12-13-33-20-9-10-23(18(3)14-20)34-25-11-8-19(16-27-25)15-24(29)28-22-7-5-4-6-21(22)26(30)31/h4-11,14,16-17H,12-13,15H2,1-3H3,(H,28,29)(H,30,31). The average molecular weight is 465 g/mol. The highest BCUT2D eigenvalue weighted by Gasteiger charge is 2.12. The van der Waals surface area contributed by atoms with Crippen LogP contribution in [0.1, 0.15) is 35.3 Å². The molecule has 0 saturated heterocycles. The van der Waals surface area contributed by atoms with Gasteiger partial charge in [0.05, 0.1) is 30.4 Å². The molecular weight excluding hydrogens is 436 g/mol. The molecule has 0 unspecified atom stereocenters. The number of nitrogens with one attached hydrogen (secondary N) is 1. The molecule has 1 aromatic heterocycles. The van der Waals surface area contributed by atoms with E-state index < -0.39 is 5.97 Å². The topological polar surface area (TPSA) is 107 Å². The van der Waals surface area contributed by atoms with Crippen molar-refractivity contribution in [1.29, 1.82) is 0 Å². The summed E-state index contributed by atoms with van der Waals surface area (Å²) in [6.07, 6.45) is 1.77. The number of hydrogen-bond acceptors (Lipinski definition) is 6. The molecule has 34 heavy (non-hydrogen) atoms. The van der Waals surface area contributed by atoms with E-state index in [1.54, 1.807) is 36.5 Å². The number of nitrogens with zero attached hydrogens (tertiary/aromatic N) is 1. The van der Waals surface area contributed by atoms with Gasteiger partial charge in [-0.25, -0.2) is 9.78 Å². The van der Waals surface area contributed by atoms with Crippen molar-refractivity contribution in [2.45, 2.75) is 33.3 Å². The molecule has 8 heteroatoms. The first-order valence-electron chi connectivity index (χ1n) is 10.9. The van der Waals surface area contributed by atoms with Crippen LogP contribution in [-0.2, 0) is 16.0 Å². The number of aromatic nitrogens is 1. The lowest BCUT2D eigenvalue weighted by Gasteiger charge is -2.12. The van der Waals surface area contributed by atoms with Crippen molar-refractivity contribution in [3.8, 4) is 17.4 Å². The summed E-state index contributed by atoms with van der Waals surface area (Å²) in [6, 6.07) is 15.2. The summed E-state index contributed by atoms with van der Waals surface area (Å²) >= 11 is 0. The largest absolute Gasteiger partial charge is 0.491 e. The molecular formula is C26H28N2O6. The van der Waals surface area contributed by atoms with E-state index >= 15 is 0 Å². The number of para-hydroxylation sites is 1. The third-order valence-electron chi connectivity index (χ3n) is 4.76. The molecule has 1 heterocycles. The molecule has 0 aliphatic heterocycles. The van der Waals surface area contributed by atoms with Crippen LogP contribution < -0.4 is 14.8 Å². The summed E-state index contributed by atoms with van der Waals surface area (Å²) in [5, 5.41) is 11.9. The third kappa shape index (κ3) is 7.31. The monoisotopic (exact) mass is 464 g/mol. The Kier molecular flexibility index (Phi) is 8.59. The maximum absolute atomic E-state index is 12.4. The predicted molar refractivity (Wildman–Crippen MR) is 128 cm³/mol. The van der Waals surface area contributed by atoms with E-state index in [9.17, 15) is 14.7 Å². The van der Waals surface area contributed by atoms with E-state index in [0.717, 1.165) is 11.3 Å². The van der Waals surface area contributed by atoms with Gasteiger partial charge in [-0.1, -0.05) is 18.2 Å². The predicted octanol–water partition coefficient (Wildman–Crippen LogP) is 4.87. The molecule has 0 aliphatic carbocycles. The van der Waals surface area contributed by atoms with Crippen LogP contribution in [0.25, 0.3) is 0 Å². The third-order valence-corrected chi connectivity index (χ3v) is 4.76. The second kappa shape index (κ2) is 11.8. The van der Waals surface area contributed by atoms with Crippen LogP contribution in [0.2, 0.25) is 0 Å². The van der Waals surface area contributed by atoms with Gasteiger partial charge in [0, 0.05) is 12.3 Å². The van der Waals surface area contributed by atoms with Crippen LogP contribution in [-0.4, -0.2) is 41.3 Å². The number of amides is 1. The number of aryl methyl sites for hydroxylation is 1. The van der Waals surface area contributed by atoms with Gasteiger partial charge in [0.2, 0.25) is 11.8 Å². The summed E-state index contributed by atoms with van der Waals surface area (Å²) in [7, 11) is 0. The minimum absolute atomic E-state index is 0.0356. The highest BCUT2D eigenvalue weighted by Crippen LogP contribution is 2.27. The molecule has 178 valence electrons. The number of ether oxygens (including phenoxy) is 3. The number of anilines is 1. The molecule has 3 aromatic rings. The molecule has 0 spiro atoms. The number of carbonyl (C=O) groups is 2. The van der Waals surface area contributed by atoms with Crippen LogP contribution in [0, 0.1) is 6.92 Å². The Balaban J connectivity index is 1.54. The summed E-state index contributed by atoms with van der Waals surface area (Å²) in [6.45, 7) is 6.87. The normalized spacial score (nSPS) is 10.7. The van der Waals surface area contributed by atoms with E-state index in [1.165, 1.54) is 6.07 Å². The average Bonchev–Trinajstić information content (AvgIpc) is 2.79. The maximum atomic E-state index is 12.4. The zero-order valence-corrected chi connectivity index (χ0v) is 19.4. The van der Waals surface area contributed by atoms with Gasteiger partial charge >= 0.3 is 5.97 Å². The number of pyridine rings is 1. The van der Waals surface area contributed by atoms with Crippen molar-refractivity contribution < 1.29 is 28.9 Å². The Hall–Kier alpha value is -3.91. The summed E-state index contributed by atoms with van der Waals surface area (Å²) < 4.78 is 17.0. The molecule has 2 N–H and O–H groups in total. The van der Waals surface area contributed by atoms with Crippen LogP contribution in [0.15, 0.2) is 60.8 Å². The first-order valence-corrected chi connectivity index (χ1v) is 10.9. The number of carboxylic acid groups (broad SMARTS) is 1. The second-order valence-corrected chi connectivity index (χ2v) is 7.88. The molecule has 0 aliphatic rings. The number of aromatic carboxylic acids is 1. The van der Waals surface area contributed by atoms with Gasteiger partial charge in [0.25, 0.3) is 0 Å². The smallest absolute Gasteiger partial charge is 0.337 e. The lowest BCUT2D eigenvalue weighted by atomic mass is 10.1. The highest BCUT2D eigenvalue weighted by molar-refractivity contribution is 6.00. The van der Waals surface area contributed by atoms with Gasteiger partial charge in [-0.05, 0) is 62.2 Å². The van der Waals surface area contributed by atoms with Gasteiger partial charge in [-0.15, -0.1) is 0 Å². The SMILES string of the molecule is Cc1cc(OCCOC(C)C)ccc1Oc1ccc(CC(=O)Nc2ccccc2C(=O)O)cn1. The quantitative estimate of drug-likeness (QED) is 0.390. The van der Waals surface area contributed by atoms with Gasteiger partial charge in [-0.2, -0.15) is 0 Å². The van der Waals surface area contributed by atoms with Crippen molar-refractivity contribution in [1.82, 2.24) is 4.98 Å². The summed E-state index contributed by atoms with van der Waals surface area (Å²) in [5.74, 6) is 0.330. The Morgan fingerprint density at radius 1 is 1.06 bits per heavy atom. The Bertz CT molecular complexity index is 1130. The van der Waals surface area contributed by atoms with E-state index in [2.05, 4.69) is 10.3 Å². The zero-order chi connectivity index (χ0) is 24.5. The molecule has 0 bridgehead atoms. The number of carboxylic acids is 1. The number of hydrogen-bond donors (Lipinski definition) is 2. The number of benzene rings is 2. The summed E-state index contributed by atoms with van der Waals surface area (Å²) in [5.41, 5.74) is 1.85. The molecule has 0 atom stereocenters.